The molecule has 4 heterocycles. The van der Waals surface area contributed by atoms with Gasteiger partial charge in [0.05, 0.1) is 24.1 Å². The van der Waals surface area contributed by atoms with Crippen molar-refractivity contribution in [1.29, 1.82) is 0 Å². The molecule has 0 aliphatic carbocycles. The van der Waals surface area contributed by atoms with E-state index in [1.807, 2.05) is 36.9 Å². The predicted molar refractivity (Wildman–Crippen MR) is 135 cm³/mol. The van der Waals surface area contributed by atoms with Crippen LogP contribution in [-0.2, 0) is 25.7 Å². The Kier molecular flexibility index (Phi) is 14.5. The van der Waals surface area contributed by atoms with Gasteiger partial charge >= 0.3 is 36.4 Å². The van der Waals surface area contributed by atoms with Gasteiger partial charge in [-0.3, -0.25) is 14.9 Å². The number of carboxylic acids is 3. The van der Waals surface area contributed by atoms with Gasteiger partial charge in [0, 0.05) is 51.3 Å². The second-order valence-electron chi connectivity index (χ2n) is 9.25. The Morgan fingerprint density at radius 1 is 0.778 bits per heavy atom. The van der Waals surface area contributed by atoms with E-state index in [-0.39, 0.29) is 5.60 Å². The van der Waals surface area contributed by atoms with E-state index in [0.717, 1.165) is 52.2 Å². The van der Waals surface area contributed by atoms with Gasteiger partial charge in [-0.2, -0.15) is 39.5 Å². The Hall–Kier alpha value is -4.20. The molecule has 20 heteroatoms. The maximum atomic E-state index is 10.6. The highest BCUT2D eigenvalue weighted by Gasteiger charge is 2.41. The molecule has 11 nitrogen and oxygen atoms in total. The summed E-state index contributed by atoms with van der Waals surface area (Å²) in [4.78, 5) is 40.1. The molecule has 1 spiro atoms. The van der Waals surface area contributed by atoms with Gasteiger partial charge in [0.1, 0.15) is 0 Å². The van der Waals surface area contributed by atoms with Crippen molar-refractivity contribution in [2.24, 2.45) is 0 Å². The highest BCUT2D eigenvalue weighted by molar-refractivity contribution is 5.73. The molecule has 2 aliphatic heterocycles. The van der Waals surface area contributed by atoms with Crippen LogP contribution in [-0.4, -0.2) is 105 Å². The van der Waals surface area contributed by atoms with Crippen LogP contribution >= 0.6 is 0 Å². The Morgan fingerprint density at radius 3 is 1.69 bits per heavy atom. The van der Waals surface area contributed by atoms with E-state index in [4.69, 9.17) is 34.4 Å². The van der Waals surface area contributed by atoms with Crippen molar-refractivity contribution in [3.8, 4) is 0 Å². The van der Waals surface area contributed by atoms with E-state index in [2.05, 4.69) is 31.9 Å². The van der Waals surface area contributed by atoms with Crippen LogP contribution in [0.15, 0.2) is 49.1 Å². The number of hydrogen-bond donors (Lipinski definition) is 3. The third-order valence-corrected chi connectivity index (χ3v) is 5.73. The van der Waals surface area contributed by atoms with Crippen LogP contribution in [0, 0.1) is 0 Å². The van der Waals surface area contributed by atoms with Crippen molar-refractivity contribution in [2.45, 2.75) is 43.5 Å². The molecule has 2 aromatic heterocycles. The fraction of sp³-hybridized carbons (Fsp3) is 0.480. The van der Waals surface area contributed by atoms with Crippen molar-refractivity contribution < 1.29 is 74.0 Å². The number of pyridine rings is 2. The topological polar surface area (TPSA) is 153 Å². The largest absolute Gasteiger partial charge is 0.490 e. The molecule has 0 saturated carbocycles. The Labute approximate surface area is 248 Å². The lowest BCUT2D eigenvalue weighted by atomic mass is 9.90. The molecule has 0 amide bonds. The number of aromatic nitrogens is 2. The standard InChI is InChI=1S/C19H24N4O.3C2HF3O2/c1-4-17(12-20-7-1)14-22-10-11-24-19(15-22)6-3-9-23(16-19)18-5-2-8-21-13-18;3*3-2(4,5)1(6)7/h1-2,4-5,7-8,12-13H,3,6,9-11,14-16H2;3*(H,6,7). The number of ether oxygens (including phenoxy) is 1. The SMILES string of the molecule is O=C(O)C(F)(F)F.O=C(O)C(F)(F)F.O=C(O)C(F)(F)F.c1cncc(CN2CCOC3(CCCN(c4cccnc4)C3)C2)c1. The number of halogens is 9. The lowest BCUT2D eigenvalue weighted by Gasteiger charge is -2.48. The van der Waals surface area contributed by atoms with E-state index in [0.29, 0.717) is 0 Å². The van der Waals surface area contributed by atoms with Gasteiger partial charge in [0.15, 0.2) is 0 Å². The molecule has 2 aromatic rings. The molecule has 4 rings (SSSR count). The summed E-state index contributed by atoms with van der Waals surface area (Å²) < 4.78 is 102. The van der Waals surface area contributed by atoms with Crippen molar-refractivity contribution >= 4 is 23.6 Å². The third kappa shape index (κ3) is 14.9. The summed E-state index contributed by atoms with van der Waals surface area (Å²) in [7, 11) is 0. The molecule has 252 valence electrons. The number of nitrogens with zero attached hydrogens (tertiary/aromatic N) is 4. The average Bonchev–Trinajstić information content (AvgIpc) is 2.94. The Balaban J connectivity index is 0.000000396. The van der Waals surface area contributed by atoms with Gasteiger partial charge in [0.2, 0.25) is 0 Å². The van der Waals surface area contributed by atoms with E-state index >= 15 is 0 Å². The minimum absolute atomic E-state index is 0.0610. The quantitative estimate of drug-likeness (QED) is 0.403. The summed E-state index contributed by atoms with van der Waals surface area (Å²) in [6.07, 6.45) is -5.38. The number of carboxylic acid groups (broad SMARTS) is 3. The fourth-order valence-electron chi connectivity index (χ4n) is 3.91. The molecule has 45 heavy (non-hydrogen) atoms. The number of carbonyl (C=O) groups is 3. The number of hydrogen-bond acceptors (Lipinski definition) is 8. The number of morpholine rings is 1. The molecular weight excluding hydrogens is 639 g/mol. The molecule has 2 aliphatic rings. The minimum Gasteiger partial charge on any atom is -0.475 e. The summed E-state index contributed by atoms with van der Waals surface area (Å²) in [5.41, 5.74) is 2.41. The first-order chi connectivity index (χ1) is 20.7. The fourth-order valence-corrected chi connectivity index (χ4v) is 3.91. The minimum atomic E-state index is -5.08. The molecule has 2 fully saturated rings. The number of alkyl halides is 9. The smallest absolute Gasteiger partial charge is 0.475 e. The van der Waals surface area contributed by atoms with Crippen LogP contribution in [0.3, 0.4) is 0 Å². The molecule has 0 aromatic carbocycles. The van der Waals surface area contributed by atoms with E-state index in [9.17, 15) is 39.5 Å². The molecule has 1 atom stereocenters. The first kappa shape index (κ1) is 38.8. The maximum absolute atomic E-state index is 10.6. The molecule has 2 saturated heterocycles. The first-order valence-corrected chi connectivity index (χ1v) is 12.5. The van der Waals surface area contributed by atoms with Crippen molar-refractivity contribution in [3.63, 3.8) is 0 Å². The zero-order valence-electron chi connectivity index (χ0n) is 22.9. The number of piperidine rings is 1. The van der Waals surface area contributed by atoms with Crippen LogP contribution < -0.4 is 4.90 Å². The van der Waals surface area contributed by atoms with Crippen molar-refractivity contribution in [1.82, 2.24) is 14.9 Å². The van der Waals surface area contributed by atoms with Gasteiger partial charge in [-0.1, -0.05) is 6.07 Å². The zero-order chi connectivity index (χ0) is 34.5. The number of anilines is 1. The van der Waals surface area contributed by atoms with E-state index in [1.54, 1.807) is 0 Å². The molecule has 0 radical (unpaired) electrons. The summed E-state index contributed by atoms with van der Waals surface area (Å²) in [5.74, 6) is -8.27. The molecule has 3 N–H and O–H groups in total. The van der Waals surface area contributed by atoms with Gasteiger partial charge < -0.3 is 25.0 Å². The highest BCUT2D eigenvalue weighted by Crippen LogP contribution is 2.32. The number of aliphatic carboxylic acids is 3. The van der Waals surface area contributed by atoms with E-state index < -0.39 is 36.4 Å². The van der Waals surface area contributed by atoms with Crippen LogP contribution in [0.2, 0.25) is 0 Å². The normalized spacial score (nSPS) is 18.6. The second kappa shape index (κ2) is 16.8. The zero-order valence-corrected chi connectivity index (χ0v) is 22.9. The summed E-state index contributed by atoms with van der Waals surface area (Å²) in [6, 6.07) is 8.31. The second-order valence-corrected chi connectivity index (χ2v) is 9.25. The highest BCUT2D eigenvalue weighted by atomic mass is 19.4. The Bertz CT molecular complexity index is 1160. The van der Waals surface area contributed by atoms with Gasteiger partial charge in [-0.05, 0) is 36.6 Å². The van der Waals surface area contributed by atoms with Crippen molar-refractivity contribution in [3.05, 3.63) is 54.6 Å². The lowest BCUT2D eigenvalue weighted by molar-refractivity contribution is -0.193. The lowest BCUT2D eigenvalue weighted by Crippen LogP contribution is -2.59. The summed E-state index contributed by atoms with van der Waals surface area (Å²) in [6.45, 7) is 5.76. The monoisotopic (exact) mass is 666 g/mol. The summed E-state index contributed by atoms with van der Waals surface area (Å²) >= 11 is 0. The third-order valence-electron chi connectivity index (χ3n) is 5.73. The van der Waals surface area contributed by atoms with Crippen LogP contribution in [0.5, 0.6) is 0 Å². The number of rotatable bonds is 3. The summed E-state index contributed by atoms with van der Waals surface area (Å²) in [5, 5.41) is 21.4. The molecule has 0 bridgehead atoms. The van der Waals surface area contributed by atoms with Gasteiger partial charge in [-0.25, -0.2) is 14.4 Å². The van der Waals surface area contributed by atoms with Crippen LogP contribution in [0.1, 0.15) is 18.4 Å². The average molecular weight is 666 g/mol. The predicted octanol–water partition coefficient (Wildman–Crippen LogP) is 4.25. The van der Waals surface area contributed by atoms with Crippen molar-refractivity contribution in [2.75, 3.05) is 37.7 Å². The van der Waals surface area contributed by atoms with Gasteiger partial charge in [0.25, 0.3) is 0 Å². The Morgan fingerprint density at radius 2 is 1.27 bits per heavy atom. The maximum Gasteiger partial charge on any atom is 0.490 e. The van der Waals surface area contributed by atoms with Gasteiger partial charge in [-0.15, -0.1) is 0 Å². The van der Waals surface area contributed by atoms with Crippen LogP contribution in [0.25, 0.3) is 0 Å². The van der Waals surface area contributed by atoms with Crippen LogP contribution in [0.4, 0.5) is 45.2 Å². The molecule has 1 unspecified atom stereocenters. The van der Waals surface area contributed by atoms with E-state index in [1.165, 1.54) is 11.3 Å². The molecular formula is C25H27F9N4O7. The first-order valence-electron chi connectivity index (χ1n) is 12.5.